The second-order valence-electron chi connectivity index (χ2n) is 12.8. The summed E-state index contributed by atoms with van der Waals surface area (Å²) in [5, 5.41) is 40.2. The van der Waals surface area contributed by atoms with Gasteiger partial charge in [0.25, 0.3) is 0 Å². The normalized spacial score (nSPS) is 32.2. The van der Waals surface area contributed by atoms with E-state index in [9.17, 15) is 25.2 Å². The second-order valence-corrected chi connectivity index (χ2v) is 13.2. The summed E-state index contributed by atoms with van der Waals surface area (Å²) >= 11 is 7.10. The van der Waals surface area contributed by atoms with Crippen molar-refractivity contribution >= 4 is 29.2 Å². The van der Waals surface area contributed by atoms with Crippen molar-refractivity contribution in [1.29, 1.82) is 0 Å². The molecule has 0 radical (unpaired) electrons. The molecule has 4 aliphatic carbocycles. The summed E-state index contributed by atoms with van der Waals surface area (Å²) in [6.07, 6.45) is 2.56. The van der Waals surface area contributed by atoms with Crippen LogP contribution in [0, 0.1) is 23.7 Å². The lowest BCUT2D eigenvalue weighted by atomic mass is 9.54. The number of methoxy groups -OCH3 is 1. The van der Waals surface area contributed by atoms with Crippen molar-refractivity contribution in [3.05, 3.63) is 69.8 Å². The van der Waals surface area contributed by atoms with Gasteiger partial charge in [0.2, 0.25) is 6.29 Å². The first-order valence-corrected chi connectivity index (χ1v) is 16.0. The number of rotatable bonds is 10. The first-order valence-electron chi connectivity index (χ1n) is 15.6. The molecule has 0 aromatic heterocycles. The van der Waals surface area contributed by atoms with Crippen molar-refractivity contribution in [3.63, 3.8) is 0 Å². The van der Waals surface area contributed by atoms with Gasteiger partial charge in [0.15, 0.2) is 5.78 Å². The summed E-state index contributed by atoms with van der Waals surface area (Å²) in [5.74, 6) is 4.23. The van der Waals surface area contributed by atoms with Gasteiger partial charge in [-0.05, 0) is 104 Å². The Labute approximate surface area is 268 Å². The first kappa shape index (κ1) is 32.0. The average Bonchev–Trinajstić information content (AvgIpc) is 3.02. The molecule has 1 heterocycles. The smallest absolute Gasteiger partial charge is 0.229 e. The maximum Gasteiger partial charge on any atom is 0.229 e. The second kappa shape index (κ2) is 13.4. The summed E-state index contributed by atoms with van der Waals surface area (Å²) in [6, 6.07) is 10.7. The van der Waals surface area contributed by atoms with Crippen LogP contribution in [0.25, 0.3) is 11.8 Å². The van der Waals surface area contributed by atoms with Crippen LogP contribution < -0.4 is 9.47 Å². The van der Waals surface area contributed by atoms with E-state index in [-0.39, 0.29) is 12.4 Å². The molecule has 5 unspecified atom stereocenters. The third-order valence-corrected chi connectivity index (χ3v) is 10.1. The maximum absolute atomic E-state index is 11.8. The predicted molar refractivity (Wildman–Crippen MR) is 167 cm³/mol. The van der Waals surface area contributed by atoms with Gasteiger partial charge < -0.3 is 39.4 Å². The van der Waals surface area contributed by atoms with Crippen LogP contribution in [0.2, 0.25) is 5.02 Å². The Hall–Kier alpha value is -2.92. The molecule has 4 bridgehead atoms. The summed E-state index contributed by atoms with van der Waals surface area (Å²) in [5.41, 5.74) is 3.65. The van der Waals surface area contributed by atoms with E-state index in [0.717, 1.165) is 28.7 Å². The van der Waals surface area contributed by atoms with Gasteiger partial charge in [0.1, 0.15) is 48.3 Å². The highest BCUT2D eigenvalue weighted by atomic mass is 35.5. The number of benzene rings is 2. The molecule has 5 atom stereocenters. The highest BCUT2D eigenvalue weighted by Crippen LogP contribution is 2.58. The quantitative estimate of drug-likeness (QED) is 0.218. The number of aliphatic hydroxyl groups is 4. The molecule has 1 aliphatic heterocycles. The van der Waals surface area contributed by atoms with Crippen molar-refractivity contribution in [3.8, 4) is 11.5 Å². The number of allylic oxidation sites excluding steroid dienone is 2. The van der Waals surface area contributed by atoms with Gasteiger partial charge in [-0.15, -0.1) is 0 Å². The monoisotopic (exact) mass is 640 g/mol. The number of aliphatic hydroxyl groups excluding tert-OH is 4. The van der Waals surface area contributed by atoms with E-state index in [4.69, 9.17) is 30.5 Å². The van der Waals surface area contributed by atoms with Crippen LogP contribution in [-0.2, 0) is 20.9 Å². The molecule has 1 saturated heterocycles. The number of hydrogen-bond donors (Lipinski definition) is 4. The minimum Gasteiger partial charge on any atom is -0.496 e. The summed E-state index contributed by atoms with van der Waals surface area (Å²) in [6.45, 7) is 1.11. The molecule has 9 nitrogen and oxygen atoms in total. The Balaban J connectivity index is 1.22. The summed E-state index contributed by atoms with van der Waals surface area (Å²) in [4.78, 5) is 11.8. The number of ketones is 1. The number of carbonyl (C=O) groups is 1. The molecule has 242 valence electrons. The zero-order valence-corrected chi connectivity index (χ0v) is 26.2. The fourth-order valence-electron chi connectivity index (χ4n) is 7.80. The average molecular weight is 641 g/mol. The van der Waals surface area contributed by atoms with E-state index in [2.05, 4.69) is 0 Å². The Kier molecular flexibility index (Phi) is 9.57. The van der Waals surface area contributed by atoms with Crippen molar-refractivity contribution < 1.29 is 44.2 Å². The number of hydrogen-bond acceptors (Lipinski definition) is 9. The van der Waals surface area contributed by atoms with Gasteiger partial charge in [-0.1, -0.05) is 29.8 Å². The van der Waals surface area contributed by atoms with Crippen LogP contribution >= 0.6 is 11.6 Å². The van der Waals surface area contributed by atoms with Crippen molar-refractivity contribution in [2.75, 3.05) is 13.7 Å². The number of ether oxygens (including phenoxy) is 4. The third kappa shape index (κ3) is 6.52. The zero-order chi connectivity index (χ0) is 31.8. The van der Waals surface area contributed by atoms with E-state index in [1.165, 1.54) is 50.7 Å². The van der Waals surface area contributed by atoms with Crippen LogP contribution in [0.4, 0.5) is 0 Å². The molecule has 45 heavy (non-hydrogen) atoms. The van der Waals surface area contributed by atoms with E-state index in [0.29, 0.717) is 33.9 Å². The van der Waals surface area contributed by atoms with Crippen LogP contribution in [0.5, 0.6) is 11.5 Å². The van der Waals surface area contributed by atoms with Gasteiger partial charge in [-0.3, -0.25) is 4.79 Å². The number of carbonyl (C=O) groups excluding carboxylic acids is 1. The lowest BCUT2D eigenvalue weighted by Gasteiger charge is -2.51. The first-order chi connectivity index (χ1) is 21.7. The van der Waals surface area contributed by atoms with Crippen molar-refractivity contribution in [2.24, 2.45) is 23.7 Å². The standard InChI is InChI=1S/C35H41ClO9/c1-18(38)3-6-22-7-10-26(34(42-2)28-23-12-20-11-21(14-23)15-24(28)13-20)29(36)33(22)43-17-19-4-8-25(9-5-19)44-35-32(41)31(40)30(39)27(16-37)45-35/h3-10,20-21,23-24,27,30-32,35,37,39-41H,11-17H2,1-2H3/b6-3+,34-28?. The van der Waals surface area contributed by atoms with Crippen molar-refractivity contribution in [2.45, 2.75) is 76.3 Å². The lowest BCUT2D eigenvalue weighted by Crippen LogP contribution is -2.60. The lowest BCUT2D eigenvalue weighted by molar-refractivity contribution is -0.277. The van der Waals surface area contributed by atoms with Gasteiger partial charge in [-0.25, -0.2) is 0 Å². The molecular weight excluding hydrogens is 600 g/mol. The molecule has 4 N–H and O–H groups in total. The zero-order valence-electron chi connectivity index (χ0n) is 25.5. The molecule has 0 spiro atoms. The van der Waals surface area contributed by atoms with Gasteiger partial charge in [-0.2, -0.15) is 0 Å². The molecule has 2 aromatic carbocycles. The minimum atomic E-state index is -1.53. The fraction of sp³-hybridized carbons (Fsp3) is 0.514. The molecular formula is C35H41ClO9. The van der Waals surface area contributed by atoms with Gasteiger partial charge in [0.05, 0.1) is 18.7 Å². The van der Waals surface area contributed by atoms with E-state index >= 15 is 0 Å². The molecule has 5 aliphatic rings. The van der Waals surface area contributed by atoms with E-state index in [1.54, 1.807) is 37.5 Å². The molecule has 10 heteroatoms. The molecule has 7 rings (SSSR count). The molecule has 0 amide bonds. The Bertz CT molecular complexity index is 1420. The van der Waals surface area contributed by atoms with Crippen LogP contribution in [0.1, 0.15) is 55.7 Å². The molecule has 5 fully saturated rings. The van der Waals surface area contributed by atoms with E-state index < -0.39 is 37.3 Å². The third-order valence-electron chi connectivity index (χ3n) is 9.76. The Morgan fingerprint density at radius 3 is 2.22 bits per heavy atom. The number of halogens is 1. The van der Waals surface area contributed by atoms with Gasteiger partial charge >= 0.3 is 0 Å². The van der Waals surface area contributed by atoms with Crippen LogP contribution in [-0.4, -0.2) is 70.6 Å². The SMILES string of the molecule is COC(=C1C2CC3CC(C2)CC1C3)c1ccc(/C=C/C(C)=O)c(OCc2ccc(OC3OC(CO)C(O)C(O)C3O)cc2)c1Cl. The van der Waals surface area contributed by atoms with E-state index in [1.807, 2.05) is 12.1 Å². The summed E-state index contributed by atoms with van der Waals surface area (Å²) < 4.78 is 23.6. The topological polar surface area (TPSA) is 135 Å². The minimum absolute atomic E-state index is 0.0931. The van der Waals surface area contributed by atoms with Crippen molar-refractivity contribution in [1.82, 2.24) is 0 Å². The Morgan fingerprint density at radius 2 is 1.62 bits per heavy atom. The highest BCUT2D eigenvalue weighted by Gasteiger charge is 2.47. The predicted octanol–water partition coefficient (Wildman–Crippen LogP) is 4.51. The molecule has 2 aromatic rings. The Morgan fingerprint density at radius 1 is 0.956 bits per heavy atom. The fourth-order valence-corrected chi connectivity index (χ4v) is 8.11. The molecule has 4 saturated carbocycles. The maximum atomic E-state index is 11.8. The van der Waals surface area contributed by atoms with Crippen LogP contribution in [0.3, 0.4) is 0 Å². The van der Waals surface area contributed by atoms with Gasteiger partial charge in [0, 0.05) is 11.1 Å². The van der Waals surface area contributed by atoms with Crippen LogP contribution in [0.15, 0.2) is 48.0 Å². The highest BCUT2D eigenvalue weighted by molar-refractivity contribution is 6.34. The largest absolute Gasteiger partial charge is 0.496 e. The summed E-state index contributed by atoms with van der Waals surface area (Å²) in [7, 11) is 1.71.